The highest BCUT2D eigenvalue weighted by Crippen LogP contribution is 2.30. The fourth-order valence-electron chi connectivity index (χ4n) is 1.94. The first-order valence-electron chi connectivity index (χ1n) is 6.77. The van der Waals surface area contributed by atoms with Crippen molar-refractivity contribution in [1.82, 2.24) is 4.98 Å². The van der Waals surface area contributed by atoms with Gasteiger partial charge in [0.05, 0.1) is 5.69 Å². The summed E-state index contributed by atoms with van der Waals surface area (Å²) in [5.74, 6) is 1.09. The number of nitrogens with zero attached hydrogens (tertiary/aromatic N) is 2. The van der Waals surface area contributed by atoms with E-state index in [1.807, 2.05) is 25.1 Å². The molecule has 0 fully saturated rings. The number of pyridine rings is 1. The summed E-state index contributed by atoms with van der Waals surface area (Å²) < 4.78 is 5.76. The summed E-state index contributed by atoms with van der Waals surface area (Å²) >= 11 is 0. The lowest BCUT2D eigenvalue weighted by molar-refractivity contribution is 0.458. The average molecular weight is 281 g/mol. The lowest BCUT2D eigenvalue weighted by Gasteiger charge is -2.20. The van der Waals surface area contributed by atoms with Gasteiger partial charge in [-0.05, 0) is 35.6 Å². The summed E-state index contributed by atoms with van der Waals surface area (Å²) in [5, 5.41) is 8.94. The van der Waals surface area contributed by atoms with E-state index in [4.69, 9.17) is 15.7 Å². The molecule has 108 valence electrons. The Labute approximate surface area is 125 Å². The Morgan fingerprint density at radius 2 is 1.90 bits per heavy atom. The zero-order valence-corrected chi connectivity index (χ0v) is 12.8. The second-order valence-electron chi connectivity index (χ2n) is 6.03. The third-order valence-electron chi connectivity index (χ3n) is 3.26. The van der Waals surface area contributed by atoms with Crippen molar-refractivity contribution < 1.29 is 4.74 Å². The van der Waals surface area contributed by atoms with Gasteiger partial charge in [-0.1, -0.05) is 32.9 Å². The maximum atomic E-state index is 8.94. The number of aromatic nitrogens is 1. The molecule has 0 bridgehead atoms. The Bertz CT molecular complexity index is 709. The highest BCUT2D eigenvalue weighted by Gasteiger charge is 2.15. The summed E-state index contributed by atoms with van der Waals surface area (Å²) in [7, 11) is 0. The summed E-state index contributed by atoms with van der Waals surface area (Å²) in [6.45, 7) is 8.50. The van der Waals surface area contributed by atoms with E-state index in [2.05, 4.69) is 31.8 Å². The normalized spacial score (nSPS) is 11.0. The Balaban J connectivity index is 2.31. The molecular weight excluding hydrogens is 262 g/mol. The zero-order valence-electron chi connectivity index (χ0n) is 12.8. The topological polar surface area (TPSA) is 71.9 Å². The summed E-state index contributed by atoms with van der Waals surface area (Å²) in [4.78, 5) is 4.09. The van der Waals surface area contributed by atoms with Gasteiger partial charge >= 0.3 is 0 Å². The Hall–Kier alpha value is -2.54. The summed E-state index contributed by atoms with van der Waals surface area (Å²) in [6.07, 6.45) is 0. The average Bonchev–Trinajstić information content (AvgIpc) is 2.42. The van der Waals surface area contributed by atoms with Crippen LogP contribution in [0.25, 0.3) is 0 Å². The van der Waals surface area contributed by atoms with Gasteiger partial charge in [0.15, 0.2) is 5.69 Å². The van der Waals surface area contributed by atoms with E-state index >= 15 is 0 Å². The van der Waals surface area contributed by atoms with E-state index in [-0.39, 0.29) is 11.1 Å². The molecule has 0 aliphatic heterocycles. The van der Waals surface area contributed by atoms with E-state index in [9.17, 15) is 0 Å². The van der Waals surface area contributed by atoms with Gasteiger partial charge in [-0.2, -0.15) is 5.26 Å². The third kappa shape index (κ3) is 3.32. The Morgan fingerprint density at radius 3 is 2.48 bits per heavy atom. The molecule has 1 aromatic heterocycles. The van der Waals surface area contributed by atoms with Crippen LogP contribution in [-0.4, -0.2) is 4.98 Å². The minimum absolute atomic E-state index is 0.0940. The predicted molar refractivity (Wildman–Crippen MR) is 83.3 cm³/mol. The maximum Gasteiger partial charge on any atom is 0.220 e. The zero-order chi connectivity index (χ0) is 15.6. The van der Waals surface area contributed by atoms with Crippen molar-refractivity contribution in [2.75, 3.05) is 5.73 Å². The smallest absolute Gasteiger partial charge is 0.220 e. The summed E-state index contributed by atoms with van der Waals surface area (Å²) in [6, 6.07) is 11.3. The SMILES string of the molecule is Cc1cc(C(C)(C)C)ccc1Oc1ccc(N)c(C#N)n1. The first-order chi connectivity index (χ1) is 9.81. The van der Waals surface area contributed by atoms with E-state index in [1.54, 1.807) is 12.1 Å². The van der Waals surface area contributed by atoms with Crippen LogP contribution in [0.3, 0.4) is 0 Å². The molecule has 4 heteroatoms. The summed E-state index contributed by atoms with van der Waals surface area (Å²) in [5.41, 5.74) is 8.55. The van der Waals surface area contributed by atoms with Crippen molar-refractivity contribution in [3.63, 3.8) is 0 Å². The number of benzene rings is 1. The number of anilines is 1. The van der Waals surface area contributed by atoms with Gasteiger partial charge in [0, 0.05) is 6.07 Å². The Kier molecular flexibility index (Phi) is 3.86. The number of ether oxygens (including phenoxy) is 1. The largest absolute Gasteiger partial charge is 0.439 e. The standard InChI is InChI=1S/C17H19N3O/c1-11-9-12(17(2,3)4)5-7-15(11)21-16-8-6-13(19)14(10-18)20-16/h5-9H,19H2,1-4H3. The van der Waals surface area contributed by atoms with Crippen molar-refractivity contribution >= 4 is 5.69 Å². The van der Waals surface area contributed by atoms with Crippen LogP contribution in [0.1, 0.15) is 37.6 Å². The van der Waals surface area contributed by atoms with E-state index in [0.29, 0.717) is 11.6 Å². The molecule has 0 amide bonds. The fourth-order valence-corrected chi connectivity index (χ4v) is 1.94. The lowest BCUT2D eigenvalue weighted by atomic mass is 9.86. The predicted octanol–water partition coefficient (Wildman–Crippen LogP) is 3.93. The lowest BCUT2D eigenvalue weighted by Crippen LogP contribution is -2.11. The van der Waals surface area contributed by atoms with Gasteiger partial charge in [-0.3, -0.25) is 0 Å². The van der Waals surface area contributed by atoms with Crippen molar-refractivity contribution in [2.45, 2.75) is 33.1 Å². The molecule has 0 radical (unpaired) electrons. The van der Waals surface area contributed by atoms with Gasteiger partial charge in [-0.15, -0.1) is 0 Å². The van der Waals surface area contributed by atoms with Crippen molar-refractivity contribution in [3.8, 4) is 17.7 Å². The molecule has 0 atom stereocenters. The van der Waals surface area contributed by atoms with Crippen LogP contribution < -0.4 is 10.5 Å². The molecule has 0 aliphatic rings. The van der Waals surface area contributed by atoms with Crippen LogP contribution in [-0.2, 0) is 5.41 Å². The van der Waals surface area contributed by atoms with Crippen LogP contribution in [0.4, 0.5) is 5.69 Å². The van der Waals surface area contributed by atoms with Gasteiger partial charge in [0.25, 0.3) is 0 Å². The van der Waals surface area contributed by atoms with E-state index in [1.165, 1.54) is 5.56 Å². The quantitative estimate of drug-likeness (QED) is 0.905. The minimum atomic E-state index is 0.0940. The number of nitrogen functional groups attached to an aromatic ring is 1. The van der Waals surface area contributed by atoms with Crippen LogP contribution in [0.2, 0.25) is 0 Å². The molecule has 0 unspecified atom stereocenters. The van der Waals surface area contributed by atoms with Crippen LogP contribution in [0.5, 0.6) is 11.6 Å². The molecular formula is C17H19N3O. The fraction of sp³-hybridized carbons (Fsp3) is 0.294. The molecule has 0 saturated carbocycles. The molecule has 0 aliphatic carbocycles. The van der Waals surface area contributed by atoms with Crippen molar-refractivity contribution in [1.29, 1.82) is 5.26 Å². The molecule has 4 nitrogen and oxygen atoms in total. The number of hydrogen-bond acceptors (Lipinski definition) is 4. The number of rotatable bonds is 2. The number of aryl methyl sites for hydroxylation is 1. The van der Waals surface area contributed by atoms with Crippen molar-refractivity contribution in [3.05, 3.63) is 47.2 Å². The number of nitrogens with two attached hydrogens (primary N) is 1. The second-order valence-corrected chi connectivity index (χ2v) is 6.03. The number of hydrogen-bond donors (Lipinski definition) is 1. The number of nitriles is 1. The molecule has 21 heavy (non-hydrogen) atoms. The molecule has 0 spiro atoms. The molecule has 2 rings (SSSR count). The van der Waals surface area contributed by atoms with Gasteiger partial charge in [-0.25, -0.2) is 4.98 Å². The van der Waals surface area contributed by atoms with Gasteiger partial charge in [0.2, 0.25) is 5.88 Å². The van der Waals surface area contributed by atoms with Gasteiger partial charge in [0.1, 0.15) is 11.8 Å². The molecule has 2 aromatic rings. The van der Waals surface area contributed by atoms with Crippen LogP contribution >= 0.6 is 0 Å². The first-order valence-corrected chi connectivity index (χ1v) is 6.77. The molecule has 2 N–H and O–H groups in total. The van der Waals surface area contributed by atoms with E-state index in [0.717, 1.165) is 11.3 Å². The minimum Gasteiger partial charge on any atom is -0.439 e. The molecule has 1 aromatic carbocycles. The van der Waals surface area contributed by atoms with Gasteiger partial charge < -0.3 is 10.5 Å². The monoisotopic (exact) mass is 281 g/mol. The van der Waals surface area contributed by atoms with E-state index < -0.39 is 0 Å². The second kappa shape index (κ2) is 5.45. The third-order valence-corrected chi connectivity index (χ3v) is 3.26. The Morgan fingerprint density at radius 1 is 1.19 bits per heavy atom. The van der Waals surface area contributed by atoms with Crippen molar-refractivity contribution in [2.24, 2.45) is 0 Å². The van der Waals surface area contributed by atoms with Crippen LogP contribution in [0, 0.1) is 18.3 Å². The first kappa shape index (κ1) is 14.9. The molecule has 0 saturated heterocycles. The molecule has 1 heterocycles. The van der Waals surface area contributed by atoms with Crippen LogP contribution in [0.15, 0.2) is 30.3 Å². The maximum absolute atomic E-state index is 8.94. The highest BCUT2D eigenvalue weighted by atomic mass is 16.5. The highest BCUT2D eigenvalue weighted by molar-refractivity contribution is 5.51.